The molecule has 0 heterocycles. The molecule has 0 bridgehead atoms. The van der Waals surface area contributed by atoms with Gasteiger partial charge in [-0.3, -0.25) is 9.59 Å². The van der Waals surface area contributed by atoms with E-state index in [4.69, 9.17) is 4.74 Å². The molecule has 2 N–H and O–H groups in total. The molecular formula is C17H27ClN2O3. The third-order valence-electron chi connectivity index (χ3n) is 3.33. The molecule has 0 aliphatic carbocycles. The quantitative estimate of drug-likeness (QED) is 0.641. The minimum atomic E-state index is -0.0988. The number of halogens is 1. The molecule has 1 amide bonds. The first-order chi connectivity index (χ1) is 10.6. The van der Waals surface area contributed by atoms with Crippen molar-refractivity contribution in [3.63, 3.8) is 0 Å². The molecule has 0 radical (unpaired) electrons. The number of hydrogen-bond donors (Lipinski definition) is 2. The van der Waals surface area contributed by atoms with Crippen molar-refractivity contribution in [3.8, 4) is 5.75 Å². The molecule has 130 valence electrons. The maximum absolute atomic E-state index is 12.0. The minimum Gasteiger partial charge on any atom is -0.494 e. The Labute approximate surface area is 144 Å². The average Bonchev–Trinajstić information content (AvgIpc) is 2.55. The molecule has 0 aliphatic rings. The van der Waals surface area contributed by atoms with Crippen molar-refractivity contribution in [1.82, 2.24) is 10.6 Å². The average molecular weight is 343 g/mol. The number of hydrogen-bond acceptors (Lipinski definition) is 4. The van der Waals surface area contributed by atoms with Gasteiger partial charge in [0.1, 0.15) is 5.75 Å². The number of carbonyl (C=O) groups excluding carboxylic acids is 2. The van der Waals surface area contributed by atoms with Gasteiger partial charge in [-0.05, 0) is 44.7 Å². The van der Waals surface area contributed by atoms with Crippen molar-refractivity contribution < 1.29 is 14.3 Å². The van der Waals surface area contributed by atoms with Gasteiger partial charge < -0.3 is 15.4 Å². The number of nitrogens with one attached hydrogen (secondary N) is 2. The van der Waals surface area contributed by atoms with Gasteiger partial charge in [-0.25, -0.2) is 0 Å². The zero-order valence-corrected chi connectivity index (χ0v) is 14.9. The third-order valence-corrected chi connectivity index (χ3v) is 3.33. The molecule has 0 spiro atoms. The standard InChI is InChI=1S/C17H26N2O3.ClH/c1-4-11-22-15-7-5-14(6-8-15)16(20)9-10-17(21)19-12-13(2)18-3;/h5-8,13,18H,4,9-12H2,1-3H3,(H,19,21);1H. The Bertz CT molecular complexity index is 477. The summed E-state index contributed by atoms with van der Waals surface area (Å²) in [5.74, 6) is 0.634. The summed E-state index contributed by atoms with van der Waals surface area (Å²) in [6.07, 6.45) is 1.38. The number of amides is 1. The van der Waals surface area contributed by atoms with Crippen LogP contribution in [-0.2, 0) is 4.79 Å². The molecule has 1 rings (SSSR count). The molecule has 1 aromatic rings. The van der Waals surface area contributed by atoms with Crippen LogP contribution >= 0.6 is 12.4 Å². The van der Waals surface area contributed by atoms with Gasteiger partial charge >= 0.3 is 0 Å². The molecule has 0 aliphatic heterocycles. The zero-order chi connectivity index (χ0) is 16.4. The van der Waals surface area contributed by atoms with Gasteiger partial charge in [0.25, 0.3) is 0 Å². The molecular weight excluding hydrogens is 316 g/mol. The van der Waals surface area contributed by atoms with Crippen LogP contribution in [-0.4, -0.2) is 37.9 Å². The topological polar surface area (TPSA) is 67.4 Å². The highest BCUT2D eigenvalue weighted by Gasteiger charge is 2.10. The van der Waals surface area contributed by atoms with Crippen LogP contribution < -0.4 is 15.4 Å². The number of ether oxygens (including phenoxy) is 1. The van der Waals surface area contributed by atoms with Gasteiger partial charge in [0.05, 0.1) is 6.61 Å². The fourth-order valence-electron chi connectivity index (χ4n) is 1.79. The predicted octanol–water partition coefficient (Wildman–Crippen LogP) is 2.58. The summed E-state index contributed by atoms with van der Waals surface area (Å²) in [5.41, 5.74) is 0.611. The Hall–Kier alpha value is -1.59. The fourth-order valence-corrected chi connectivity index (χ4v) is 1.79. The van der Waals surface area contributed by atoms with Crippen molar-refractivity contribution in [2.75, 3.05) is 20.2 Å². The van der Waals surface area contributed by atoms with Crippen LogP contribution in [0.4, 0.5) is 0 Å². The van der Waals surface area contributed by atoms with E-state index in [-0.39, 0.29) is 43.0 Å². The van der Waals surface area contributed by atoms with Crippen LogP contribution in [0.25, 0.3) is 0 Å². The lowest BCUT2D eigenvalue weighted by molar-refractivity contribution is -0.121. The van der Waals surface area contributed by atoms with Crippen molar-refractivity contribution >= 4 is 24.1 Å². The molecule has 23 heavy (non-hydrogen) atoms. The van der Waals surface area contributed by atoms with E-state index in [0.717, 1.165) is 12.2 Å². The lowest BCUT2D eigenvalue weighted by atomic mass is 10.1. The van der Waals surface area contributed by atoms with Crippen LogP contribution in [0.2, 0.25) is 0 Å². The normalized spacial score (nSPS) is 11.3. The largest absolute Gasteiger partial charge is 0.494 e. The van der Waals surface area contributed by atoms with E-state index in [0.29, 0.717) is 18.7 Å². The lowest BCUT2D eigenvalue weighted by Gasteiger charge is -2.11. The molecule has 6 heteroatoms. The van der Waals surface area contributed by atoms with Crippen molar-refractivity contribution in [1.29, 1.82) is 0 Å². The fraction of sp³-hybridized carbons (Fsp3) is 0.529. The Balaban J connectivity index is 0.00000484. The summed E-state index contributed by atoms with van der Waals surface area (Å²) in [6.45, 7) is 5.25. The second kappa shape index (κ2) is 11.9. The first-order valence-electron chi connectivity index (χ1n) is 7.76. The highest BCUT2D eigenvalue weighted by atomic mass is 35.5. The van der Waals surface area contributed by atoms with Gasteiger partial charge in [-0.2, -0.15) is 0 Å². The molecule has 1 unspecified atom stereocenters. The molecule has 5 nitrogen and oxygen atoms in total. The molecule has 1 atom stereocenters. The summed E-state index contributed by atoms with van der Waals surface area (Å²) in [7, 11) is 1.84. The second-order valence-electron chi connectivity index (χ2n) is 5.29. The van der Waals surface area contributed by atoms with E-state index in [2.05, 4.69) is 10.6 Å². The Morgan fingerprint density at radius 3 is 2.39 bits per heavy atom. The summed E-state index contributed by atoms with van der Waals surface area (Å²) < 4.78 is 5.47. The van der Waals surface area contributed by atoms with Crippen LogP contribution in [0.3, 0.4) is 0 Å². The van der Waals surface area contributed by atoms with Gasteiger partial charge in [-0.1, -0.05) is 6.92 Å². The van der Waals surface area contributed by atoms with E-state index in [1.807, 2.05) is 20.9 Å². The lowest BCUT2D eigenvalue weighted by Crippen LogP contribution is -2.37. The number of rotatable bonds is 10. The van der Waals surface area contributed by atoms with Crippen molar-refractivity contribution in [2.45, 2.75) is 39.2 Å². The Kier molecular flexibility index (Phi) is 11.1. The Morgan fingerprint density at radius 1 is 1.17 bits per heavy atom. The van der Waals surface area contributed by atoms with Gasteiger partial charge in [0.2, 0.25) is 5.91 Å². The predicted molar refractivity (Wildman–Crippen MR) is 94.6 cm³/mol. The first kappa shape index (κ1) is 21.4. The Morgan fingerprint density at radius 2 is 1.83 bits per heavy atom. The van der Waals surface area contributed by atoms with E-state index in [1.54, 1.807) is 24.3 Å². The summed E-state index contributed by atoms with van der Waals surface area (Å²) >= 11 is 0. The van der Waals surface area contributed by atoms with Gasteiger partial charge in [0, 0.05) is 31.0 Å². The van der Waals surface area contributed by atoms with Crippen LogP contribution in [0.1, 0.15) is 43.5 Å². The SMILES string of the molecule is CCCOc1ccc(C(=O)CCC(=O)NCC(C)NC)cc1.Cl. The van der Waals surface area contributed by atoms with Crippen LogP contribution in [0.15, 0.2) is 24.3 Å². The van der Waals surface area contributed by atoms with Crippen LogP contribution in [0, 0.1) is 0 Å². The maximum atomic E-state index is 12.0. The second-order valence-corrected chi connectivity index (χ2v) is 5.29. The molecule has 0 aromatic heterocycles. The third kappa shape index (κ3) is 8.57. The first-order valence-corrected chi connectivity index (χ1v) is 7.76. The number of benzene rings is 1. The van der Waals surface area contributed by atoms with Crippen molar-refractivity contribution in [2.24, 2.45) is 0 Å². The minimum absolute atomic E-state index is 0. The zero-order valence-electron chi connectivity index (χ0n) is 14.1. The highest BCUT2D eigenvalue weighted by molar-refractivity contribution is 5.98. The van der Waals surface area contributed by atoms with E-state index < -0.39 is 0 Å². The van der Waals surface area contributed by atoms with E-state index in [1.165, 1.54) is 0 Å². The van der Waals surface area contributed by atoms with E-state index >= 15 is 0 Å². The summed E-state index contributed by atoms with van der Waals surface area (Å²) in [6, 6.07) is 7.29. The number of carbonyl (C=O) groups is 2. The van der Waals surface area contributed by atoms with Crippen LogP contribution in [0.5, 0.6) is 5.75 Å². The molecule has 0 saturated heterocycles. The summed E-state index contributed by atoms with van der Waals surface area (Å²) in [4.78, 5) is 23.7. The smallest absolute Gasteiger partial charge is 0.220 e. The molecule has 0 fully saturated rings. The van der Waals surface area contributed by atoms with Crippen molar-refractivity contribution in [3.05, 3.63) is 29.8 Å². The monoisotopic (exact) mass is 342 g/mol. The van der Waals surface area contributed by atoms with E-state index in [9.17, 15) is 9.59 Å². The maximum Gasteiger partial charge on any atom is 0.220 e. The number of likely N-dealkylation sites (N-methyl/N-ethyl adjacent to an activating group) is 1. The number of ketones is 1. The van der Waals surface area contributed by atoms with Gasteiger partial charge in [0.15, 0.2) is 5.78 Å². The van der Waals surface area contributed by atoms with Gasteiger partial charge in [-0.15, -0.1) is 12.4 Å². The summed E-state index contributed by atoms with van der Waals surface area (Å²) in [5, 5.41) is 5.84. The molecule has 0 saturated carbocycles. The highest BCUT2D eigenvalue weighted by Crippen LogP contribution is 2.14. The molecule has 1 aromatic carbocycles. The number of Topliss-reactive ketones (excluding diaryl/α,β-unsaturated/α-hetero) is 1.